The van der Waals surface area contributed by atoms with E-state index < -0.39 is 0 Å². The Labute approximate surface area is 129 Å². The summed E-state index contributed by atoms with van der Waals surface area (Å²) in [5, 5.41) is 11.8. The third kappa shape index (κ3) is 5.14. The maximum Gasteiger partial charge on any atom is 0.244 e. The standard InChI is InChI=1S/C18H18FNO2/c19-17-8-5-14(6-9-17)7-10-18(22)20-12-11-15-1-3-16(13-21)4-2-15/h1-10,21H,11-13H2,(H,20,22)/b10-7+. The molecule has 0 aromatic heterocycles. The highest BCUT2D eigenvalue weighted by molar-refractivity contribution is 5.91. The molecule has 3 nitrogen and oxygen atoms in total. The van der Waals surface area contributed by atoms with E-state index in [2.05, 4.69) is 5.32 Å². The van der Waals surface area contributed by atoms with Crippen molar-refractivity contribution < 1.29 is 14.3 Å². The summed E-state index contributed by atoms with van der Waals surface area (Å²) in [6.45, 7) is 0.566. The monoisotopic (exact) mass is 299 g/mol. The first kappa shape index (κ1) is 15.9. The number of halogens is 1. The van der Waals surface area contributed by atoms with Crippen molar-refractivity contribution in [3.8, 4) is 0 Å². The van der Waals surface area contributed by atoms with Gasteiger partial charge in [0.05, 0.1) is 6.61 Å². The van der Waals surface area contributed by atoms with Crippen LogP contribution in [0.25, 0.3) is 6.08 Å². The number of aliphatic hydroxyl groups is 1. The Kier molecular flexibility index (Phi) is 5.86. The summed E-state index contributed by atoms with van der Waals surface area (Å²) in [6.07, 6.45) is 3.80. The summed E-state index contributed by atoms with van der Waals surface area (Å²) in [5.41, 5.74) is 2.74. The predicted octanol–water partition coefficient (Wildman–Crippen LogP) is 2.69. The summed E-state index contributed by atoms with van der Waals surface area (Å²) in [6, 6.07) is 13.5. The molecule has 22 heavy (non-hydrogen) atoms. The number of benzene rings is 2. The molecule has 0 spiro atoms. The molecule has 2 aromatic rings. The minimum atomic E-state index is -0.297. The first-order valence-electron chi connectivity index (χ1n) is 7.07. The second-order valence-corrected chi connectivity index (χ2v) is 4.90. The number of hydrogen-bond acceptors (Lipinski definition) is 2. The number of carbonyl (C=O) groups excluding carboxylic acids is 1. The lowest BCUT2D eigenvalue weighted by Gasteiger charge is -2.04. The van der Waals surface area contributed by atoms with E-state index in [4.69, 9.17) is 5.11 Å². The van der Waals surface area contributed by atoms with Crippen LogP contribution >= 0.6 is 0 Å². The molecule has 2 N–H and O–H groups in total. The quantitative estimate of drug-likeness (QED) is 0.806. The van der Waals surface area contributed by atoms with E-state index in [1.54, 1.807) is 18.2 Å². The highest BCUT2D eigenvalue weighted by Gasteiger charge is 1.98. The lowest BCUT2D eigenvalue weighted by molar-refractivity contribution is -0.116. The molecule has 1 amide bonds. The van der Waals surface area contributed by atoms with Gasteiger partial charge in [0, 0.05) is 12.6 Å². The van der Waals surface area contributed by atoms with Crippen molar-refractivity contribution in [2.24, 2.45) is 0 Å². The van der Waals surface area contributed by atoms with Gasteiger partial charge in [0.15, 0.2) is 0 Å². The lowest BCUT2D eigenvalue weighted by atomic mass is 10.1. The summed E-state index contributed by atoms with van der Waals surface area (Å²) in [4.78, 5) is 11.7. The van der Waals surface area contributed by atoms with Crippen molar-refractivity contribution >= 4 is 12.0 Å². The number of aliphatic hydroxyl groups excluding tert-OH is 1. The number of hydrogen-bond donors (Lipinski definition) is 2. The third-order valence-electron chi connectivity index (χ3n) is 3.22. The van der Waals surface area contributed by atoms with Crippen LogP contribution < -0.4 is 5.32 Å². The minimum absolute atomic E-state index is 0.0329. The topological polar surface area (TPSA) is 49.3 Å². The van der Waals surface area contributed by atoms with Crippen molar-refractivity contribution in [1.82, 2.24) is 5.32 Å². The Bertz CT molecular complexity index is 633. The molecule has 4 heteroatoms. The fourth-order valence-corrected chi connectivity index (χ4v) is 1.95. The largest absolute Gasteiger partial charge is 0.392 e. The van der Waals surface area contributed by atoms with E-state index in [1.165, 1.54) is 18.2 Å². The van der Waals surface area contributed by atoms with Gasteiger partial charge in [-0.05, 0) is 41.3 Å². The van der Waals surface area contributed by atoms with Gasteiger partial charge in [0.1, 0.15) is 5.82 Å². The molecule has 2 rings (SSSR count). The molecule has 0 aliphatic carbocycles. The van der Waals surface area contributed by atoms with Crippen LogP contribution in [0.3, 0.4) is 0 Å². The van der Waals surface area contributed by atoms with Gasteiger partial charge in [0.25, 0.3) is 0 Å². The second kappa shape index (κ2) is 8.10. The summed E-state index contributed by atoms with van der Waals surface area (Å²) in [5.74, 6) is -0.481. The van der Waals surface area contributed by atoms with E-state index in [0.717, 1.165) is 23.1 Å². The van der Waals surface area contributed by atoms with Crippen molar-refractivity contribution in [2.45, 2.75) is 13.0 Å². The molecular weight excluding hydrogens is 281 g/mol. The number of nitrogens with one attached hydrogen (secondary N) is 1. The van der Waals surface area contributed by atoms with Gasteiger partial charge in [0.2, 0.25) is 5.91 Å². The van der Waals surface area contributed by atoms with E-state index in [0.29, 0.717) is 6.54 Å². The van der Waals surface area contributed by atoms with Gasteiger partial charge < -0.3 is 10.4 Å². The molecule has 0 atom stereocenters. The molecule has 0 heterocycles. The van der Waals surface area contributed by atoms with Crippen LogP contribution in [-0.4, -0.2) is 17.6 Å². The summed E-state index contributed by atoms with van der Waals surface area (Å²) in [7, 11) is 0. The van der Waals surface area contributed by atoms with Crippen molar-refractivity contribution in [3.05, 3.63) is 77.1 Å². The highest BCUT2D eigenvalue weighted by Crippen LogP contribution is 2.05. The van der Waals surface area contributed by atoms with E-state index in [9.17, 15) is 9.18 Å². The van der Waals surface area contributed by atoms with Gasteiger partial charge in [-0.1, -0.05) is 36.4 Å². The van der Waals surface area contributed by atoms with E-state index in [-0.39, 0.29) is 18.3 Å². The first-order valence-corrected chi connectivity index (χ1v) is 7.07. The minimum Gasteiger partial charge on any atom is -0.392 e. The molecular formula is C18H18FNO2. The summed E-state index contributed by atoms with van der Waals surface area (Å²) >= 11 is 0. The maximum atomic E-state index is 12.7. The molecule has 0 unspecified atom stereocenters. The Hall–Kier alpha value is -2.46. The molecule has 0 saturated carbocycles. The molecule has 0 aliphatic rings. The Balaban J connectivity index is 1.76. The van der Waals surface area contributed by atoms with Gasteiger partial charge in [-0.2, -0.15) is 0 Å². The number of carbonyl (C=O) groups is 1. The molecule has 0 aliphatic heterocycles. The van der Waals surface area contributed by atoms with Crippen LogP contribution in [0.4, 0.5) is 4.39 Å². The van der Waals surface area contributed by atoms with Gasteiger partial charge >= 0.3 is 0 Å². The highest BCUT2D eigenvalue weighted by atomic mass is 19.1. The van der Waals surface area contributed by atoms with Gasteiger partial charge in [-0.25, -0.2) is 4.39 Å². The van der Waals surface area contributed by atoms with Crippen LogP contribution in [0.5, 0.6) is 0 Å². The van der Waals surface area contributed by atoms with Crippen molar-refractivity contribution in [2.75, 3.05) is 6.54 Å². The molecule has 0 radical (unpaired) electrons. The van der Waals surface area contributed by atoms with Crippen molar-refractivity contribution in [3.63, 3.8) is 0 Å². The zero-order chi connectivity index (χ0) is 15.8. The Morgan fingerprint density at radius 2 is 1.68 bits per heavy atom. The van der Waals surface area contributed by atoms with Crippen LogP contribution in [0, 0.1) is 5.82 Å². The Morgan fingerprint density at radius 3 is 2.32 bits per heavy atom. The first-order chi connectivity index (χ1) is 10.7. The predicted molar refractivity (Wildman–Crippen MR) is 84.5 cm³/mol. The van der Waals surface area contributed by atoms with Crippen LogP contribution in [0.15, 0.2) is 54.6 Å². The van der Waals surface area contributed by atoms with Gasteiger partial charge in [-0.15, -0.1) is 0 Å². The van der Waals surface area contributed by atoms with Crippen LogP contribution in [0.1, 0.15) is 16.7 Å². The third-order valence-corrected chi connectivity index (χ3v) is 3.22. The SMILES string of the molecule is O=C(/C=C/c1ccc(F)cc1)NCCc1ccc(CO)cc1. The lowest BCUT2D eigenvalue weighted by Crippen LogP contribution is -2.23. The molecule has 2 aromatic carbocycles. The maximum absolute atomic E-state index is 12.7. The smallest absolute Gasteiger partial charge is 0.244 e. The zero-order valence-electron chi connectivity index (χ0n) is 12.1. The summed E-state index contributed by atoms with van der Waals surface area (Å²) < 4.78 is 12.7. The normalized spacial score (nSPS) is 10.8. The van der Waals surface area contributed by atoms with Gasteiger partial charge in [-0.3, -0.25) is 4.79 Å². The number of amides is 1. The van der Waals surface area contributed by atoms with Crippen LogP contribution in [0.2, 0.25) is 0 Å². The fourth-order valence-electron chi connectivity index (χ4n) is 1.95. The molecule has 0 saturated heterocycles. The van der Waals surface area contributed by atoms with Crippen molar-refractivity contribution in [1.29, 1.82) is 0 Å². The average molecular weight is 299 g/mol. The van der Waals surface area contributed by atoms with Crippen LogP contribution in [-0.2, 0) is 17.8 Å². The molecule has 114 valence electrons. The molecule has 0 fully saturated rings. The zero-order valence-corrected chi connectivity index (χ0v) is 12.1. The number of rotatable bonds is 6. The molecule has 0 bridgehead atoms. The van der Waals surface area contributed by atoms with E-state index in [1.807, 2.05) is 24.3 Å². The fraction of sp³-hybridized carbons (Fsp3) is 0.167. The second-order valence-electron chi connectivity index (χ2n) is 4.90. The average Bonchev–Trinajstić information content (AvgIpc) is 2.55. The Morgan fingerprint density at radius 1 is 1.05 bits per heavy atom. The van der Waals surface area contributed by atoms with E-state index >= 15 is 0 Å².